The molecule has 0 saturated heterocycles. The molecule has 0 atom stereocenters. The second kappa shape index (κ2) is 7.06. The molecule has 2 heterocycles. The van der Waals surface area contributed by atoms with Gasteiger partial charge in [0.25, 0.3) is 5.91 Å². The standard InChI is InChI=1S/C20H19ClN2OS/c21-18-7-2-1-5-15(18)13-22-11-3-6-17(22)14-23(16-9-10-16)20(24)19-8-4-12-25-19/h1-8,11-12,16H,9-10,13-14H2. The molecule has 2 aromatic heterocycles. The van der Waals surface area contributed by atoms with E-state index in [0.717, 1.165) is 34.0 Å². The number of carbonyl (C=O) groups excluding carboxylic acids is 1. The first-order valence-corrected chi connectivity index (χ1v) is 9.70. The first kappa shape index (κ1) is 16.4. The Morgan fingerprint density at radius 3 is 2.72 bits per heavy atom. The molecular formula is C20H19ClN2OS. The van der Waals surface area contributed by atoms with Crippen molar-refractivity contribution in [2.75, 3.05) is 0 Å². The molecule has 1 aliphatic carbocycles. The van der Waals surface area contributed by atoms with Crippen LogP contribution in [0.15, 0.2) is 60.1 Å². The van der Waals surface area contributed by atoms with Gasteiger partial charge in [-0.05, 0) is 48.1 Å². The minimum Gasteiger partial charge on any atom is -0.345 e. The summed E-state index contributed by atoms with van der Waals surface area (Å²) < 4.78 is 2.18. The molecule has 3 aromatic rings. The summed E-state index contributed by atoms with van der Waals surface area (Å²) in [6.45, 7) is 1.35. The van der Waals surface area contributed by atoms with Gasteiger partial charge in [-0.2, -0.15) is 0 Å². The Hall–Kier alpha value is -2.04. The molecular weight excluding hydrogens is 352 g/mol. The van der Waals surface area contributed by atoms with E-state index < -0.39 is 0 Å². The fourth-order valence-electron chi connectivity index (χ4n) is 3.03. The van der Waals surface area contributed by atoms with Crippen LogP contribution in [0.2, 0.25) is 5.02 Å². The van der Waals surface area contributed by atoms with Gasteiger partial charge in [0, 0.05) is 29.5 Å². The summed E-state index contributed by atoms with van der Waals surface area (Å²) in [5.41, 5.74) is 2.22. The molecule has 1 aliphatic rings. The van der Waals surface area contributed by atoms with Crippen molar-refractivity contribution in [1.82, 2.24) is 9.47 Å². The van der Waals surface area contributed by atoms with Crippen LogP contribution in [-0.2, 0) is 13.1 Å². The number of amides is 1. The van der Waals surface area contributed by atoms with Gasteiger partial charge in [0.2, 0.25) is 0 Å². The molecule has 4 rings (SSSR count). The maximum absolute atomic E-state index is 12.8. The molecule has 3 nitrogen and oxygen atoms in total. The van der Waals surface area contributed by atoms with Gasteiger partial charge in [-0.25, -0.2) is 0 Å². The number of rotatable bonds is 6. The maximum atomic E-state index is 12.8. The van der Waals surface area contributed by atoms with E-state index in [2.05, 4.69) is 16.8 Å². The number of carbonyl (C=O) groups is 1. The van der Waals surface area contributed by atoms with E-state index >= 15 is 0 Å². The molecule has 128 valence electrons. The summed E-state index contributed by atoms with van der Waals surface area (Å²) in [6.07, 6.45) is 4.25. The fraction of sp³-hybridized carbons (Fsp3) is 0.250. The molecule has 1 amide bonds. The highest BCUT2D eigenvalue weighted by Crippen LogP contribution is 2.31. The second-order valence-electron chi connectivity index (χ2n) is 6.36. The maximum Gasteiger partial charge on any atom is 0.264 e. The van der Waals surface area contributed by atoms with Gasteiger partial charge in [-0.3, -0.25) is 4.79 Å². The van der Waals surface area contributed by atoms with Crippen LogP contribution < -0.4 is 0 Å². The lowest BCUT2D eigenvalue weighted by Gasteiger charge is -2.23. The van der Waals surface area contributed by atoms with Crippen molar-refractivity contribution in [2.24, 2.45) is 0 Å². The van der Waals surface area contributed by atoms with Crippen molar-refractivity contribution in [3.05, 3.63) is 81.3 Å². The van der Waals surface area contributed by atoms with Crippen molar-refractivity contribution in [3.8, 4) is 0 Å². The largest absolute Gasteiger partial charge is 0.345 e. The zero-order valence-corrected chi connectivity index (χ0v) is 15.3. The molecule has 25 heavy (non-hydrogen) atoms. The SMILES string of the molecule is O=C(c1cccs1)N(Cc1cccn1Cc1ccccc1Cl)C1CC1. The Morgan fingerprint density at radius 2 is 2.00 bits per heavy atom. The molecule has 0 bridgehead atoms. The van der Waals surface area contributed by atoms with Gasteiger partial charge in [0.15, 0.2) is 0 Å². The highest BCUT2D eigenvalue weighted by Gasteiger charge is 2.33. The van der Waals surface area contributed by atoms with Crippen LogP contribution in [0, 0.1) is 0 Å². The average molecular weight is 371 g/mol. The third kappa shape index (κ3) is 3.65. The topological polar surface area (TPSA) is 25.2 Å². The highest BCUT2D eigenvalue weighted by molar-refractivity contribution is 7.12. The van der Waals surface area contributed by atoms with E-state index in [0.29, 0.717) is 19.1 Å². The Kier molecular flexibility index (Phi) is 4.64. The van der Waals surface area contributed by atoms with Crippen molar-refractivity contribution in [2.45, 2.75) is 32.0 Å². The third-order valence-electron chi connectivity index (χ3n) is 4.53. The number of nitrogens with zero attached hydrogens (tertiary/aromatic N) is 2. The summed E-state index contributed by atoms with van der Waals surface area (Å²) >= 11 is 7.81. The van der Waals surface area contributed by atoms with E-state index in [-0.39, 0.29) is 5.91 Å². The first-order chi connectivity index (χ1) is 12.2. The van der Waals surface area contributed by atoms with Gasteiger partial charge in [-0.15, -0.1) is 11.3 Å². The lowest BCUT2D eigenvalue weighted by Crippen LogP contribution is -2.32. The van der Waals surface area contributed by atoms with Crippen molar-refractivity contribution >= 4 is 28.8 Å². The molecule has 0 spiro atoms. The monoisotopic (exact) mass is 370 g/mol. The quantitative estimate of drug-likeness (QED) is 0.595. The van der Waals surface area contributed by atoms with E-state index in [9.17, 15) is 4.79 Å². The predicted octanol–water partition coefficient (Wildman–Crippen LogP) is 5.06. The third-order valence-corrected chi connectivity index (χ3v) is 5.76. The minimum absolute atomic E-state index is 0.142. The van der Waals surface area contributed by atoms with Gasteiger partial charge < -0.3 is 9.47 Å². The summed E-state index contributed by atoms with van der Waals surface area (Å²) in [6, 6.07) is 16.2. The van der Waals surface area contributed by atoms with Crippen molar-refractivity contribution in [3.63, 3.8) is 0 Å². The summed E-state index contributed by atoms with van der Waals surface area (Å²) in [4.78, 5) is 15.7. The van der Waals surface area contributed by atoms with Crippen LogP contribution in [-0.4, -0.2) is 21.4 Å². The minimum atomic E-state index is 0.142. The number of hydrogen-bond donors (Lipinski definition) is 0. The molecule has 1 fully saturated rings. The zero-order chi connectivity index (χ0) is 17.2. The number of thiophene rings is 1. The number of aromatic nitrogens is 1. The second-order valence-corrected chi connectivity index (χ2v) is 7.72. The van der Waals surface area contributed by atoms with Crippen LogP contribution in [0.4, 0.5) is 0 Å². The van der Waals surface area contributed by atoms with Crippen LogP contribution >= 0.6 is 22.9 Å². The van der Waals surface area contributed by atoms with E-state index in [1.54, 1.807) is 0 Å². The van der Waals surface area contributed by atoms with Crippen LogP contribution in [0.1, 0.15) is 33.8 Å². The van der Waals surface area contributed by atoms with Crippen LogP contribution in [0.25, 0.3) is 0 Å². The number of benzene rings is 1. The van der Waals surface area contributed by atoms with Gasteiger partial charge in [0.1, 0.15) is 0 Å². The fourth-order valence-corrected chi connectivity index (χ4v) is 3.90. The number of hydrogen-bond acceptors (Lipinski definition) is 2. The summed E-state index contributed by atoms with van der Waals surface area (Å²) in [5, 5.41) is 2.73. The van der Waals surface area contributed by atoms with Gasteiger partial charge >= 0.3 is 0 Å². The lowest BCUT2D eigenvalue weighted by molar-refractivity contribution is 0.0731. The molecule has 0 aliphatic heterocycles. The van der Waals surface area contributed by atoms with Crippen LogP contribution in [0.3, 0.4) is 0 Å². The summed E-state index contributed by atoms with van der Waals surface area (Å²) in [7, 11) is 0. The molecule has 0 radical (unpaired) electrons. The first-order valence-electron chi connectivity index (χ1n) is 8.44. The van der Waals surface area contributed by atoms with E-state index in [4.69, 9.17) is 11.6 Å². The predicted molar refractivity (Wildman–Crippen MR) is 102 cm³/mol. The van der Waals surface area contributed by atoms with E-state index in [1.807, 2.05) is 52.7 Å². The molecule has 1 saturated carbocycles. The van der Waals surface area contributed by atoms with E-state index in [1.165, 1.54) is 11.3 Å². The normalized spacial score (nSPS) is 13.8. The zero-order valence-electron chi connectivity index (χ0n) is 13.8. The van der Waals surface area contributed by atoms with Gasteiger partial charge in [0.05, 0.1) is 11.4 Å². The summed E-state index contributed by atoms with van der Waals surface area (Å²) in [5.74, 6) is 0.142. The average Bonchev–Trinajstić information content (AvgIpc) is 3.13. The van der Waals surface area contributed by atoms with Crippen molar-refractivity contribution < 1.29 is 4.79 Å². The Balaban J connectivity index is 1.55. The van der Waals surface area contributed by atoms with Crippen molar-refractivity contribution in [1.29, 1.82) is 0 Å². The highest BCUT2D eigenvalue weighted by atomic mass is 35.5. The van der Waals surface area contributed by atoms with Gasteiger partial charge in [-0.1, -0.05) is 35.9 Å². The number of halogens is 1. The Labute approximate surface area is 156 Å². The molecule has 1 aromatic carbocycles. The molecule has 0 N–H and O–H groups in total. The smallest absolute Gasteiger partial charge is 0.264 e. The molecule has 5 heteroatoms. The Bertz CT molecular complexity index is 867. The lowest BCUT2D eigenvalue weighted by atomic mass is 10.2. The van der Waals surface area contributed by atoms with Crippen LogP contribution in [0.5, 0.6) is 0 Å². The Morgan fingerprint density at radius 1 is 1.16 bits per heavy atom. The molecule has 0 unspecified atom stereocenters.